The minimum absolute atomic E-state index is 0.0697. The van der Waals surface area contributed by atoms with Gasteiger partial charge in [0.2, 0.25) is 0 Å². The van der Waals surface area contributed by atoms with E-state index in [1.54, 1.807) is 12.1 Å². The number of aromatic nitrogens is 2. The van der Waals surface area contributed by atoms with E-state index in [1.165, 1.54) is 12.4 Å². The summed E-state index contributed by atoms with van der Waals surface area (Å²) in [6.45, 7) is 1.86. The number of rotatable bonds is 4. The van der Waals surface area contributed by atoms with Gasteiger partial charge in [-0.05, 0) is 31.0 Å². The first-order valence-electron chi connectivity index (χ1n) is 7.69. The molecule has 0 aliphatic carbocycles. The Balaban J connectivity index is 1.72. The highest BCUT2D eigenvalue weighted by molar-refractivity contribution is 7.91. The van der Waals surface area contributed by atoms with Crippen LogP contribution in [-0.2, 0) is 9.84 Å². The zero-order chi connectivity index (χ0) is 18.0. The number of nitrogens with zero attached hydrogens (tertiary/aromatic N) is 2. The molecule has 3 rings (SSSR count). The summed E-state index contributed by atoms with van der Waals surface area (Å²) in [5.74, 6) is 0.261. The van der Waals surface area contributed by atoms with E-state index in [1.807, 2.05) is 13.0 Å². The average molecular weight is 381 g/mol. The molecule has 1 aliphatic heterocycles. The van der Waals surface area contributed by atoms with Crippen LogP contribution < -0.4 is 10.6 Å². The van der Waals surface area contributed by atoms with Gasteiger partial charge in [-0.1, -0.05) is 17.7 Å². The maximum absolute atomic E-state index is 12.4. The Morgan fingerprint density at radius 3 is 2.80 bits per heavy atom. The number of benzene rings is 1. The number of carbonyl (C=O) groups is 1. The minimum atomic E-state index is -2.99. The average Bonchev–Trinajstić information content (AvgIpc) is 2.90. The fourth-order valence-electron chi connectivity index (χ4n) is 2.59. The van der Waals surface area contributed by atoms with E-state index in [2.05, 4.69) is 20.6 Å². The number of aryl methyl sites for hydroxylation is 1. The van der Waals surface area contributed by atoms with Crippen LogP contribution in [0.2, 0.25) is 5.02 Å². The van der Waals surface area contributed by atoms with Gasteiger partial charge in [0.1, 0.15) is 17.8 Å². The van der Waals surface area contributed by atoms with Gasteiger partial charge in [-0.2, -0.15) is 0 Å². The number of anilines is 2. The predicted molar refractivity (Wildman–Crippen MR) is 96.9 cm³/mol. The summed E-state index contributed by atoms with van der Waals surface area (Å²) < 4.78 is 23.0. The molecule has 2 aromatic rings. The third-order valence-corrected chi connectivity index (χ3v) is 5.94. The van der Waals surface area contributed by atoms with Crippen molar-refractivity contribution in [2.75, 3.05) is 22.1 Å². The molecule has 1 saturated heterocycles. The molecule has 1 aliphatic rings. The molecule has 0 spiro atoms. The number of hydrogen-bond donors (Lipinski definition) is 2. The molecule has 2 heterocycles. The van der Waals surface area contributed by atoms with Gasteiger partial charge in [0.05, 0.1) is 11.5 Å². The maximum Gasteiger partial charge on any atom is 0.274 e. The first kappa shape index (κ1) is 17.6. The van der Waals surface area contributed by atoms with Gasteiger partial charge in [0, 0.05) is 22.8 Å². The molecule has 0 saturated carbocycles. The van der Waals surface area contributed by atoms with Crippen LogP contribution in [0, 0.1) is 6.92 Å². The Hall–Kier alpha value is -2.19. The van der Waals surface area contributed by atoms with E-state index in [9.17, 15) is 13.2 Å². The molecule has 1 amide bonds. The third-order valence-electron chi connectivity index (χ3n) is 3.93. The molecule has 7 nitrogen and oxygen atoms in total. The second-order valence-corrected chi connectivity index (χ2v) is 8.61. The first-order chi connectivity index (χ1) is 11.8. The van der Waals surface area contributed by atoms with Crippen LogP contribution >= 0.6 is 11.6 Å². The number of halogens is 1. The zero-order valence-electron chi connectivity index (χ0n) is 13.5. The van der Waals surface area contributed by atoms with E-state index < -0.39 is 15.7 Å². The highest BCUT2D eigenvalue weighted by atomic mass is 35.5. The van der Waals surface area contributed by atoms with Crippen molar-refractivity contribution in [1.29, 1.82) is 0 Å². The van der Waals surface area contributed by atoms with Gasteiger partial charge in [0.15, 0.2) is 9.84 Å². The highest BCUT2D eigenvalue weighted by Crippen LogP contribution is 2.21. The molecule has 1 aromatic carbocycles. The molecular weight excluding hydrogens is 364 g/mol. The maximum atomic E-state index is 12.4. The first-order valence-corrected chi connectivity index (χ1v) is 9.89. The van der Waals surface area contributed by atoms with Gasteiger partial charge in [-0.15, -0.1) is 0 Å². The number of carbonyl (C=O) groups excluding carboxylic acids is 1. The van der Waals surface area contributed by atoms with Crippen LogP contribution in [0.3, 0.4) is 0 Å². The SMILES string of the molecule is Cc1ccc(Cl)cc1NC(=O)c1cc(NC2CCS(=O)(=O)C2)ncn1. The lowest BCUT2D eigenvalue weighted by atomic mass is 10.2. The van der Waals surface area contributed by atoms with E-state index in [0.29, 0.717) is 22.9 Å². The standard InChI is InChI=1S/C16H17ClN4O3S/c1-10-2-3-11(17)6-13(10)21-16(22)14-7-15(19-9-18-14)20-12-4-5-25(23,24)8-12/h2-3,6-7,9,12H,4-5,8H2,1H3,(H,21,22)(H,18,19,20). The molecule has 1 fully saturated rings. The summed E-state index contributed by atoms with van der Waals surface area (Å²) in [4.78, 5) is 20.4. The van der Waals surface area contributed by atoms with Crippen molar-refractivity contribution >= 4 is 38.9 Å². The topological polar surface area (TPSA) is 101 Å². The summed E-state index contributed by atoms with van der Waals surface area (Å²) in [6.07, 6.45) is 1.79. The lowest BCUT2D eigenvalue weighted by Gasteiger charge is -2.12. The monoisotopic (exact) mass is 380 g/mol. The summed E-state index contributed by atoms with van der Waals surface area (Å²) in [5, 5.41) is 6.33. The van der Waals surface area contributed by atoms with Crippen molar-refractivity contribution in [3.05, 3.63) is 46.9 Å². The van der Waals surface area contributed by atoms with Crippen LogP contribution in [0.5, 0.6) is 0 Å². The molecule has 1 unspecified atom stereocenters. The number of sulfone groups is 1. The Morgan fingerprint density at radius 1 is 1.28 bits per heavy atom. The fraction of sp³-hybridized carbons (Fsp3) is 0.312. The van der Waals surface area contributed by atoms with Crippen molar-refractivity contribution < 1.29 is 13.2 Å². The van der Waals surface area contributed by atoms with Crippen LogP contribution in [0.4, 0.5) is 11.5 Å². The normalized spacial score (nSPS) is 18.7. The second kappa shape index (κ2) is 6.97. The smallest absolute Gasteiger partial charge is 0.274 e. The molecule has 132 valence electrons. The van der Waals surface area contributed by atoms with Crippen LogP contribution in [0.1, 0.15) is 22.5 Å². The van der Waals surface area contributed by atoms with E-state index >= 15 is 0 Å². The second-order valence-electron chi connectivity index (χ2n) is 5.95. The molecule has 0 bridgehead atoms. The Morgan fingerprint density at radius 2 is 2.08 bits per heavy atom. The number of hydrogen-bond acceptors (Lipinski definition) is 6. The fourth-order valence-corrected chi connectivity index (χ4v) is 4.44. The molecular formula is C16H17ClN4O3S. The van der Waals surface area contributed by atoms with Crippen molar-refractivity contribution in [1.82, 2.24) is 9.97 Å². The number of amides is 1. The van der Waals surface area contributed by atoms with Crippen LogP contribution in [0.25, 0.3) is 0 Å². The van der Waals surface area contributed by atoms with Crippen molar-refractivity contribution in [3.8, 4) is 0 Å². The molecule has 25 heavy (non-hydrogen) atoms. The van der Waals surface area contributed by atoms with Gasteiger partial charge < -0.3 is 10.6 Å². The summed E-state index contributed by atoms with van der Waals surface area (Å²) in [5.41, 5.74) is 1.66. The highest BCUT2D eigenvalue weighted by Gasteiger charge is 2.28. The van der Waals surface area contributed by atoms with Gasteiger partial charge in [-0.25, -0.2) is 18.4 Å². The van der Waals surface area contributed by atoms with Crippen LogP contribution in [0.15, 0.2) is 30.6 Å². The van der Waals surface area contributed by atoms with Crippen molar-refractivity contribution in [3.63, 3.8) is 0 Å². The minimum Gasteiger partial charge on any atom is -0.366 e. The summed E-state index contributed by atoms with van der Waals surface area (Å²) in [7, 11) is -2.99. The molecule has 9 heteroatoms. The van der Waals surface area contributed by atoms with E-state index in [4.69, 9.17) is 11.6 Å². The molecule has 1 aromatic heterocycles. The quantitative estimate of drug-likeness (QED) is 0.843. The zero-order valence-corrected chi connectivity index (χ0v) is 15.1. The molecule has 0 radical (unpaired) electrons. The number of nitrogens with one attached hydrogen (secondary N) is 2. The van der Waals surface area contributed by atoms with Crippen molar-refractivity contribution in [2.45, 2.75) is 19.4 Å². The largest absolute Gasteiger partial charge is 0.366 e. The summed E-state index contributed by atoms with van der Waals surface area (Å²) >= 11 is 5.95. The van der Waals surface area contributed by atoms with Crippen molar-refractivity contribution in [2.24, 2.45) is 0 Å². The van der Waals surface area contributed by atoms with E-state index in [0.717, 1.165) is 5.56 Å². The summed E-state index contributed by atoms with van der Waals surface area (Å²) in [6, 6.07) is 6.52. The van der Waals surface area contributed by atoms with Crippen LogP contribution in [-0.4, -0.2) is 41.8 Å². The Kier molecular flexibility index (Phi) is 4.91. The lowest BCUT2D eigenvalue weighted by molar-refractivity contribution is 0.102. The van der Waals surface area contributed by atoms with Gasteiger partial charge in [0.25, 0.3) is 5.91 Å². The third kappa shape index (κ3) is 4.46. The molecule has 2 N–H and O–H groups in total. The van der Waals surface area contributed by atoms with Gasteiger partial charge in [-0.3, -0.25) is 4.79 Å². The van der Waals surface area contributed by atoms with Gasteiger partial charge >= 0.3 is 0 Å². The van der Waals surface area contributed by atoms with E-state index in [-0.39, 0.29) is 23.2 Å². The predicted octanol–water partition coefficient (Wildman–Crippen LogP) is 2.29. The molecule has 1 atom stereocenters. The Labute approximate surface area is 150 Å². The lowest BCUT2D eigenvalue weighted by Crippen LogP contribution is -2.22. The Bertz CT molecular complexity index is 917.